The van der Waals surface area contributed by atoms with Crippen molar-refractivity contribution in [3.05, 3.63) is 77.7 Å². The second-order valence-corrected chi connectivity index (χ2v) is 6.35. The lowest BCUT2D eigenvalue weighted by atomic mass is 10.1. The smallest absolute Gasteiger partial charge is 0.203 e. The van der Waals surface area contributed by atoms with Gasteiger partial charge in [0.1, 0.15) is 11.3 Å². The van der Waals surface area contributed by atoms with Crippen molar-refractivity contribution in [2.75, 3.05) is 5.32 Å². The first kappa shape index (κ1) is 17.2. The van der Waals surface area contributed by atoms with Crippen LogP contribution in [0.4, 0.5) is 10.3 Å². The van der Waals surface area contributed by atoms with Gasteiger partial charge in [-0.25, -0.2) is 9.37 Å². The molecule has 0 aliphatic heterocycles. The van der Waals surface area contributed by atoms with E-state index in [1.54, 1.807) is 18.3 Å². The maximum atomic E-state index is 13.8. The highest BCUT2D eigenvalue weighted by Gasteiger charge is 2.11. The third-order valence-corrected chi connectivity index (χ3v) is 4.59. The molecule has 6 heteroatoms. The Morgan fingerprint density at radius 3 is 2.63 bits per heavy atom. The molecule has 0 amide bonds. The number of fused-ring (bicyclic) bond motifs is 1. The maximum Gasteiger partial charge on any atom is 0.203 e. The number of pyridine rings is 1. The standard InChI is InChI=1S/C21H19FN4O/c1-26-20-10-18(15-8-6-14(13-27)7-9-15)23-12-19(20)25-21(26)24-11-16-4-2-3-5-17(16)22/h2-10,12,27H,11,13H2,1H3,(H,24,25). The molecule has 136 valence electrons. The number of nitrogens with one attached hydrogen (secondary N) is 1. The summed E-state index contributed by atoms with van der Waals surface area (Å²) in [6.45, 7) is 0.373. The fourth-order valence-electron chi connectivity index (χ4n) is 3.01. The molecule has 4 aromatic rings. The van der Waals surface area contributed by atoms with Crippen LogP contribution in [0.2, 0.25) is 0 Å². The summed E-state index contributed by atoms with van der Waals surface area (Å²) in [6, 6.07) is 16.3. The molecule has 5 nitrogen and oxygen atoms in total. The molecule has 2 aromatic carbocycles. The van der Waals surface area contributed by atoms with E-state index in [-0.39, 0.29) is 12.4 Å². The van der Waals surface area contributed by atoms with Gasteiger partial charge >= 0.3 is 0 Å². The van der Waals surface area contributed by atoms with Gasteiger partial charge in [-0.3, -0.25) is 4.98 Å². The van der Waals surface area contributed by atoms with Crippen molar-refractivity contribution in [1.29, 1.82) is 0 Å². The number of aliphatic hydroxyl groups is 1. The average Bonchev–Trinajstić information content (AvgIpc) is 3.02. The molecule has 0 bridgehead atoms. The number of aliphatic hydroxyl groups excluding tert-OH is 1. The summed E-state index contributed by atoms with van der Waals surface area (Å²) in [5.41, 5.74) is 4.95. The van der Waals surface area contributed by atoms with E-state index in [1.807, 2.05) is 48.0 Å². The minimum Gasteiger partial charge on any atom is -0.392 e. The highest BCUT2D eigenvalue weighted by atomic mass is 19.1. The SMILES string of the molecule is Cn1c(NCc2ccccc2F)nc2cnc(-c3ccc(CO)cc3)cc21. The van der Waals surface area contributed by atoms with Gasteiger partial charge in [-0.05, 0) is 17.7 Å². The molecule has 0 radical (unpaired) electrons. The van der Waals surface area contributed by atoms with Crippen molar-refractivity contribution < 1.29 is 9.50 Å². The van der Waals surface area contributed by atoms with Gasteiger partial charge in [0.25, 0.3) is 0 Å². The largest absolute Gasteiger partial charge is 0.392 e. The highest BCUT2D eigenvalue weighted by molar-refractivity contribution is 5.82. The number of aromatic nitrogens is 3. The van der Waals surface area contributed by atoms with E-state index in [4.69, 9.17) is 0 Å². The topological polar surface area (TPSA) is 63.0 Å². The number of nitrogens with zero attached hydrogens (tertiary/aromatic N) is 3. The van der Waals surface area contributed by atoms with E-state index < -0.39 is 0 Å². The number of aryl methyl sites for hydroxylation is 1. The molecule has 0 spiro atoms. The van der Waals surface area contributed by atoms with E-state index in [2.05, 4.69) is 15.3 Å². The molecule has 0 atom stereocenters. The van der Waals surface area contributed by atoms with Crippen molar-refractivity contribution >= 4 is 17.0 Å². The summed E-state index contributed by atoms with van der Waals surface area (Å²) in [4.78, 5) is 9.05. The first-order valence-corrected chi connectivity index (χ1v) is 8.65. The lowest BCUT2D eigenvalue weighted by molar-refractivity contribution is 0.282. The van der Waals surface area contributed by atoms with Crippen LogP contribution in [0.5, 0.6) is 0 Å². The Hall–Kier alpha value is -3.25. The molecule has 0 fully saturated rings. The van der Waals surface area contributed by atoms with Crippen molar-refractivity contribution in [1.82, 2.24) is 14.5 Å². The van der Waals surface area contributed by atoms with E-state index in [0.717, 1.165) is 27.9 Å². The van der Waals surface area contributed by atoms with Crippen LogP contribution < -0.4 is 5.32 Å². The van der Waals surface area contributed by atoms with Gasteiger partial charge in [0.2, 0.25) is 5.95 Å². The number of rotatable bonds is 5. The fourth-order valence-corrected chi connectivity index (χ4v) is 3.01. The van der Waals surface area contributed by atoms with Crippen LogP contribution in [0, 0.1) is 5.82 Å². The summed E-state index contributed by atoms with van der Waals surface area (Å²) >= 11 is 0. The number of halogens is 1. The van der Waals surface area contributed by atoms with Crippen molar-refractivity contribution in [2.24, 2.45) is 7.05 Å². The summed E-state index contributed by atoms with van der Waals surface area (Å²) in [7, 11) is 1.91. The van der Waals surface area contributed by atoms with E-state index in [0.29, 0.717) is 18.1 Å². The van der Waals surface area contributed by atoms with Gasteiger partial charge in [-0.2, -0.15) is 0 Å². The zero-order chi connectivity index (χ0) is 18.8. The number of imidazole rings is 1. The predicted molar refractivity (Wildman–Crippen MR) is 104 cm³/mol. The van der Waals surface area contributed by atoms with Crippen LogP contribution in [0.15, 0.2) is 60.8 Å². The van der Waals surface area contributed by atoms with Crippen LogP contribution in [-0.2, 0) is 20.2 Å². The Bertz CT molecular complexity index is 1090. The van der Waals surface area contributed by atoms with Gasteiger partial charge in [0, 0.05) is 24.7 Å². The Kier molecular flexibility index (Phi) is 4.56. The lowest BCUT2D eigenvalue weighted by Crippen LogP contribution is -2.06. The predicted octanol–water partition coefficient (Wildman–Crippen LogP) is 3.88. The van der Waals surface area contributed by atoms with Crippen molar-refractivity contribution in [3.8, 4) is 11.3 Å². The maximum absolute atomic E-state index is 13.8. The molecule has 0 aliphatic rings. The Morgan fingerprint density at radius 2 is 1.89 bits per heavy atom. The number of benzene rings is 2. The molecule has 27 heavy (non-hydrogen) atoms. The van der Waals surface area contributed by atoms with Gasteiger partial charge in [-0.1, -0.05) is 42.5 Å². The monoisotopic (exact) mass is 362 g/mol. The van der Waals surface area contributed by atoms with E-state index >= 15 is 0 Å². The number of anilines is 1. The van der Waals surface area contributed by atoms with Crippen molar-refractivity contribution in [2.45, 2.75) is 13.2 Å². The first-order valence-electron chi connectivity index (χ1n) is 8.65. The average molecular weight is 362 g/mol. The number of hydrogen-bond acceptors (Lipinski definition) is 4. The quantitative estimate of drug-likeness (QED) is 0.566. The molecule has 0 saturated heterocycles. The Labute approximate surface area is 156 Å². The molecule has 0 saturated carbocycles. The summed E-state index contributed by atoms with van der Waals surface area (Å²) < 4.78 is 15.7. The van der Waals surface area contributed by atoms with E-state index in [1.165, 1.54) is 6.07 Å². The van der Waals surface area contributed by atoms with Crippen molar-refractivity contribution in [3.63, 3.8) is 0 Å². The minimum atomic E-state index is -0.237. The summed E-state index contributed by atoms with van der Waals surface area (Å²) in [5.74, 6) is 0.418. The zero-order valence-electron chi connectivity index (χ0n) is 14.9. The van der Waals surface area contributed by atoms with Gasteiger partial charge in [-0.15, -0.1) is 0 Å². The molecular weight excluding hydrogens is 343 g/mol. The molecule has 2 heterocycles. The molecule has 0 unspecified atom stereocenters. The van der Waals surface area contributed by atoms with Crippen LogP contribution >= 0.6 is 0 Å². The summed E-state index contributed by atoms with van der Waals surface area (Å²) in [5, 5.41) is 12.4. The Balaban J connectivity index is 1.62. The molecule has 2 aromatic heterocycles. The second-order valence-electron chi connectivity index (χ2n) is 6.35. The van der Waals surface area contributed by atoms with Crippen LogP contribution in [0.3, 0.4) is 0 Å². The molecule has 4 rings (SSSR count). The fraction of sp³-hybridized carbons (Fsp3) is 0.143. The normalized spacial score (nSPS) is 11.1. The molecule has 2 N–H and O–H groups in total. The first-order chi connectivity index (χ1) is 13.2. The second kappa shape index (κ2) is 7.17. The molecule has 0 aliphatic carbocycles. The van der Waals surface area contributed by atoms with Crippen LogP contribution in [0.1, 0.15) is 11.1 Å². The third-order valence-electron chi connectivity index (χ3n) is 4.59. The molecular formula is C21H19FN4O. The van der Waals surface area contributed by atoms with Gasteiger partial charge in [0.05, 0.1) is 24.0 Å². The minimum absolute atomic E-state index is 0.0194. The number of hydrogen-bond donors (Lipinski definition) is 2. The van der Waals surface area contributed by atoms with E-state index in [9.17, 15) is 9.50 Å². The van der Waals surface area contributed by atoms with Gasteiger partial charge in [0.15, 0.2) is 0 Å². The zero-order valence-corrected chi connectivity index (χ0v) is 14.9. The van der Waals surface area contributed by atoms with Crippen LogP contribution in [0.25, 0.3) is 22.3 Å². The third kappa shape index (κ3) is 3.39. The van der Waals surface area contributed by atoms with Gasteiger partial charge < -0.3 is 15.0 Å². The summed E-state index contributed by atoms with van der Waals surface area (Å²) in [6.07, 6.45) is 1.74. The van der Waals surface area contributed by atoms with Crippen LogP contribution in [-0.4, -0.2) is 19.6 Å². The highest BCUT2D eigenvalue weighted by Crippen LogP contribution is 2.24. The lowest BCUT2D eigenvalue weighted by Gasteiger charge is -2.07. The Morgan fingerprint density at radius 1 is 1.11 bits per heavy atom.